The van der Waals surface area contributed by atoms with Gasteiger partial charge in [-0.25, -0.2) is 4.79 Å². The summed E-state index contributed by atoms with van der Waals surface area (Å²) in [6, 6.07) is -0.645. The highest BCUT2D eigenvalue weighted by molar-refractivity contribution is 9.14. The third kappa shape index (κ3) is 6.07. The quantitative estimate of drug-likeness (QED) is 0.428. The number of rotatable bonds is 8. The molecular weight excluding hydrogens is 510 g/mol. The number of fused-ring (bicyclic) bond motifs is 1. The van der Waals surface area contributed by atoms with Crippen LogP contribution in [0.4, 0.5) is 4.79 Å². The first-order valence-electron chi connectivity index (χ1n) is 10.7. The Hall–Kier alpha value is -1.54. The number of carbonyl (C=O) groups is 2. The van der Waals surface area contributed by atoms with Crippen molar-refractivity contribution in [2.45, 2.75) is 50.7 Å². The SMILES string of the molecule is CCCN(CC1=C=C(C)C=C(C2=CC3SC(Br)=CC3S2)N1)C(=O)[C@@H](NC(=O)OC)C(C)C. The van der Waals surface area contributed by atoms with E-state index in [1.165, 1.54) is 15.8 Å². The molecule has 3 atom stereocenters. The molecule has 0 aromatic carbocycles. The summed E-state index contributed by atoms with van der Waals surface area (Å²) in [6.07, 6.45) is 6.89. The predicted molar refractivity (Wildman–Crippen MR) is 136 cm³/mol. The lowest BCUT2D eigenvalue weighted by Crippen LogP contribution is -2.52. The van der Waals surface area contributed by atoms with Crippen molar-refractivity contribution in [2.75, 3.05) is 20.2 Å². The highest BCUT2D eigenvalue weighted by Gasteiger charge is 2.35. The summed E-state index contributed by atoms with van der Waals surface area (Å²) in [4.78, 5) is 28.1. The molecule has 0 spiro atoms. The zero-order valence-electron chi connectivity index (χ0n) is 19.0. The van der Waals surface area contributed by atoms with Crippen molar-refractivity contribution in [3.8, 4) is 0 Å². The van der Waals surface area contributed by atoms with Gasteiger partial charge in [-0.2, -0.15) is 0 Å². The Morgan fingerprint density at radius 3 is 2.66 bits per heavy atom. The van der Waals surface area contributed by atoms with Crippen LogP contribution >= 0.6 is 39.5 Å². The number of nitrogens with one attached hydrogen (secondary N) is 2. The number of hydrogen-bond donors (Lipinski definition) is 2. The standard InChI is InChI=1S/C23H30BrN3O3S2/c1-6-7-27(22(28)21(13(2)3)26-23(29)30-5)12-15-8-14(4)9-16(25-15)17-10-18-19(31-17)11-20(24)32-18/h9-11,13,18-19,21,25H,6-7,12H2,1-5H3,(H,26,29)/t18?,19?,21-/m0/s1. The molecule has 0 radical (unpaired) electrons. The fourth-order valence-electron chi connectivity index (χ4n) is 3.73. The van der Waals surface area contributed by atoms with Gasteiger partial charge in [0.05, 0.1) is 25.0 Å². The summed E-state index contributed by atoms with van der Waals surface area (Å²) in [7, 11) is 1.30. The Morgan fingerprint density at radius 2 is 2.03 bits per heavy atom. The predicted octanol–water partition coefficient (Wildman–Crippen LogP) is 4.87. The van der Waals surface area contributed by atoms with Gasteiger partial charge in [-0.05, 0) is 52.9 Å². The lowest BCUT2D eigenvalue weighted by atomic mass is 10.0. The Bertz CT molecular complexity index is 935. The molecule has 32 heavy (non-hydrogen) atoms. The molecule has 2 amide bonds. The summed E-state index contributed by atoms with van der Waals surface area (Å²) in [5, 5.41) is 7.08. The van der Waals surface area contributed by atoms with Crippen molar-refractivity contribution in [3.63, 3.8) is 0 Å². The molecule has 3 rings (SSSR count). The van der Waals surface area contributed by atoms with Crippen LogP contribution < -0.4 is 10.6 Å². The number of methoxy groups -OCH3 is 1. The van der Waals surface area contributed by atoms with Gasteiger partial charge in [-0.1, -0.05) is 32.6 Å². The molecular formula is C23H30BrN3O3S2. The van der Waals surface area contributed by atoms with Crippen LogP contribution in [0.2, 0.25) is 0 Å². The molecule has 0 fully saturated rings. The Labute approximate surface area is 207 Å². The fraction of sp³-hybridized carbons (Fsp3) is 0.522. The van der Waals surface area contributed by atoms with Crippen LogP contribution in [0.5, 0.6) is 0 Å². The monoisotopic (exact) mass is 539 g/mol. The number of ether oxygens (including phenoxy) is 1. The first kappa shape index (κ1) is 25.1. The molecule has 9 heteroatoms. The van der Waals surface area contributed by atoms with Crippen molar-refractivity contribution < 1.29 is 14.3 Å². The molecule has 0 bridgehead atoms. The minimum atomic E-state index is -0.645. The molecule has 3 aliphatic heterocycles. The van der Waals surface area contributed by atoms with Crippen molar-refractivity contribution in [1.82, 2.24) is 15.5 Å². The number of hydrogen-bond acceptors (Lipinski definition) is 6. The summed E-state index contributed by atoms with van der Waals surface area (Å²) in [6.45, 7) is 8.88. The zero-order valence-corrected chi connectivity index (χ0v) is 22.2. The normalized spacial score (nSPS) is 22.7. The maximum absolute atomic E-state index is 13.3. The van der Waals surface area contributed by atoms with Crippen LogP contribution in [-0.4, -0.2) is 53.6 Å². The van der Waals surface area contributed by atoms with Gasteiger partial charge in [0.25, 0.3) is 0 Å². The minimum Gasteiger partial charge on any atom is -0.453 e. The lowest BCUT2D eigenvalue weighted by molar-refractivity contribution is -0.134. The average Bonchev–Trinajstić information content (AvgIpc) is 3.28. The van der Waals surface area contributed by atoms with E-state index in [1.807, 2.05) is 51.2 Å². The van der Waals surface area contributed by atoms with Crippen LogP contribution in [0.15, 0.2) is 49.6 Å². The van der Waals surface area contributed by atoms with Gasteiger partial charge in [0.1, 0.15) is 6.04 Å². The highest BCUT2D eigenvalue weighted by atomic mass is 79.9. The number of nitrogens with zero attached hydrogens (tertiary/aromatic N) is 1. The zero-order chi connectivity index (χ0) is 23.4. The van der Waals surface area contributed by atoms with Gasteiger partial charge >= 0.3 is 6.09 Å². The van der Waals surface area contributed by atoms with E-state index in [0.29, 0.717) is 23.6 Å². The Kier molecular flexibility index (Phi) is 8.67. The third-order valence-corrected chi connectivity index (χ3v) is 8.62. The molecule has 3 aliphatic rings. The van der Waals surface area contributed by atoms with Gasteiger partial charge < -0.3 is 20.3 Å². The number of alkyl carbamates (subject to hydrolysis) is 1. The van der Waals surface area contributed by atoms with E-state index in [0.717, 1.165) is 23.4 Å². The van der Waals surface area contributed by atoms with Crippen molar-refractivity contribution in [3.05, 3.63) is 49.6 Å². The maximum Gasteiger partial charge on any atom is 0.407 e. The fourth-order valence-corrected chi connectivity index (χ4v) is 7.42. The molecule has 6 nitrogen and oxygen atoms in total. The van der Waals surface area contributed by atoms with Crippen molar-refractivity contribution >= 4 is 51.5 Å². The molecule has 0 saturated carbocycles. The summed E-state index contributed by atoms with van der Waals surface area (Å²) in [5.41, 5.74) is 6.30. The van der Waals surface area contributed by atoms with E-state index in [2.05, 4.69) is 50.5 Å². The summed E-state index contributed by atoms with van der Waals surface area (Å²) < 4.78 is 5.92. The number of thioether (sulfide) groups is 2. The van der Waals surface area contributed by atoms with E-state index in [1.54, 1.807) is 4.90 Å². The van der Waals surface area contributed by atoms with Gasteiger partial charge in [0, 0.05) is 25.8 Å². The van der Waals surface area contributed by atoms with Gasteiger partial charge in [0.2, 0.25) is 5.91 Å². The van der Waals surface area contributed by atoms with Crippen LogP contribution in [0.1, 0.15) is 34.1 Å². The summed E-state index contributed by atoms with van der Waals surface area (Å²) >= 11 is 7.28. The van der Waals surface area contributed by atoms with Crippen LogP contribution in [0.25, 0.3) is 0 Å². The van der Waals surface area contributed by atoms with Gasteiger partial charge in [0.15, 0.2) is 0 Å². The first-order chi connectivity index (χ1) is 15.2. The van der Waals surface area contributed by atoms with Crippen LogP contribution in [0.3, 0.4) is 0 Å². The molecule has 0 saturated heterocycles. The van der Waals surface area contributed by atoms with Crippen LogP contribution in [-0.2, 0) is 9.53 Å². The van der Waals surface area contributed by atoms with E-state index in [9.17, 15) is 9.59 Å². The second-order valence-electron chi connectivity index (χ2n) is 8.25. The third-order valence-electron chi connectivity index (χ3n) is 5.25. The second kappa shape index (κ2) is 11.1. The molecule has 174 valence electrons. The van der Waals surface area contributed by atoms with E-state index in [-0.39, 0.29) is 11.8 Å². The van der Waals surface area contributed by atoms with Crippen molar-refractivity contribution in [2.24, 2.45) is 5.92 Å². The summed E-state index contributed by atoms with van der Waals surface area (Å²) in [5.74, 6) is -0.182. The van der Waals surface area contributed by atoms with E-state index >= 15 is 0 Å². The number of halogens is 1. The molecule has 3 heterocycles. The molecule has 2 unspecified atom stereocenters. The van der Waals surface area contributed by atoms with Crippen LogP contribution in [0, 0.1) is 5.92 Å². The lowest BCUT2D eigenvalue weighted by Gasteiger charge is -2.30. The highest BCUT2D eigenvalue weighted by Crippen LogP contribution is 2.50. The Balaban J connectivity index is 1.72. The smallest absolute Gasteiger partial charge is 0.407 e. The Morgan fingerprint density at radius 1 is 1.31 bits per heavy atom. The topological polar surface area (TPSA) is 70.7 Å². The first-order valence-corrected chi connectivity index (χ1v) is 13.3. The average molecular weight is 541 g/mol. The number of allylic oxidation sites excluding steroid dienone is 1. The number of carbonyl (C=O) groups excluding carboxylic acids is 2. The second-order valence-corrected chi connectivity index (χ2v) is 12.1. The maximum atomic E-state index is 13.3. The molecule has 0 aromatic heterocycles. The number of amides is 2. The molecule has 2 N–H and O–H groups in total. The van der Waals surface area contributed by atoms with Gasteiger partial charge in [-0.15, -0.1) is 23.5 Å². The van der Waals surface area contributed by atoms with E-state index < -0.39 is 12.1 Å². The minimum absolute atomic E-state index is 0.0636. The largest absolute Gasteiger partial charge is 0.453 e. The van der Waals surface area contributed by atoms with Crippen molar-refractivity contribution in [1.29, 1.82) is 0 Å². The molecule has 0 aliphatic carbocycles. The van der Waals surface area contributed by atoms with E-state index in [4.69, 9.17) is 4.74 Å². The van der Waals surface area contributed by atoms with Gasteiger partial charge in [-0.3, -0.25) is 4.79 Å². The molecule has 0 aromatic rings.